The summed E-state index contributed by atoms with van der Waals surface area (Å²) in [5, 5.41) is 14.4. The Hall–Kier alpha value is -3.43. The molecule has 0 heterocycles. The average Bonchev–Trinajstić information content (AvgIpc) is 2.71. The van der Waals surface area contributed by atoms with Gasteiger partial charge in [-0.15, -0.1) is 0 Å². The Bertz CT molecular complexity index is 1040. The molecule has 0 aliphatic heterocycles. The summed E-state index contributed by atoms with van der Waals surface area (Å²) >= 11 is 3.34. The zero-order chi connectivity index (χ0) is 20.6. The van der Waals surface area contributed by atoms with Gasteiger partial charge in [0.1, 0.15) is 0 Å². The van der Waals surface area contributed by atoms with Crippen molar-refractivity contribution in [3.05, 3.63) is 94.0 Å². The predicted octanol–water partition coefficient (Wildman–Crippen LogP) is 4.95. The Morgan fingerprint density at radius 3 is 1.93 bits per heavy atom. The van der Waals surface area contributed by atoms with Crippen LogP contribution in [-0.4, -0.2) is 11.8 Å². The molecule has 0 spiro atoms. The molecular weight excluding hydrogens is 430 g/mol. The van der Waals surface area contributed by atoms with Crippen LogP contribution in [0.25, 0.3) is 0 Å². The zero-order valence-corrected chi connectivity index (χ0v) is 17.1. The number of nitrogens with one attached hydrogen (secondary N) is 2. The molecule has 0 aliphatic rings. The Labute approximate surface area is 177 Å². The minimum Gasteiger partial charge on any atom is -0.326 e. The minimum absolute atomic E-state index is 0.135. The second-order valence-electron chi connectivity index (χ2n) is 6.41. The quantitative estimate of drug-likeness (QED) is 0.560. The second-order valence-corrected chi connectivity index (χ2v) is 7.33. The number of amides is 2. The first-order valence-electron chi connectivity index (χ1n) is 8.95. The highest BCUT2D eigenvalue weighted by molar-refractivity contribution is 9.10. The third kappa shape index (κ3) is 6.03. The van der Waals surface area contributed by atoms with Crippen molar-refractivity contribution in [3.63, 3.8) is 0 Å². The number of hydrogen-bond donors (Lipinski definition) is 2. The molecule has 3 aromatic rings. The number of benzene rings is 3. The molecule has 3 aromatic carbocycles. The molecule has 0 fully saturated rings. The first kappa shape index (κ1) is 20.3. The van der Waals surface area contributed by atoms with Crippen LogP contribution in [-0.2, 0) is 17.6 Å². The van der Waals surface area contributed by atoms with Gasteiger partial charge in [0.25, 0.3) is 5.91 Å². The maximum Gasteiger partial charge on any atom is 0.255 e. The van der Waals surface area contributed by atoms with Crippen LogP contribution < -0.4 is 10.6 Å². The van der Waals surface area contributed by atoms with Crippen LogP contribution in [0.15, 0.2) is 77.3 Å². The summed E-state index contributed by atoms with van der Waals surface area (Å²) in [5.41, 5.74) is 3.67. The lowest BCUT2D eigenvalue weighted by atomic mass is 10.1. The van der Waals surface area contributed by atoms with E-state index in [-0.39, 0.29) is 18.2 Å². The van der Waals surface area contributed by atoms with E-state index < -0.39 is 0 Å². The van der Waals surface area contributed by atoms with Gasteiger partial charge in [0.2, 0.25) is 5.91 Å². The maximum atomic E-state index is 12.2. The SMILES string of the molecule is N#CCc1ccc(NC(=O)Cc2ccc(NC(=O)c3ccc(Br)cc3)cc2)cc1. The van der Waals surface area contributed by atoms with Crippen molar-refractivity contribution in [2.75, 3.05) is 10.6 Å². The van der Waals surface area contributed by atoms with Crippen LogP contribution in [0.5, 0.6) is 0 Å². The van der Waals surface area contributed by atoms with Gasteiger partial charge >= 0.3 is 0 Å². The second kappa shape index (κ2) is 9.67. The monoisotopic (exact) mass is 447 g/mol. The number of nitrogens with zero attached hydrogens (tertiary/aromatic N) is 1. The van der Waals surface area contributed by atoms with E-state index in [0.29, 0.717) is 23.4 Å². The van der Waals surface area contributed by atoms with Gasteiger partial charge in [-0.2, -0.15) is 5.26 Å². The van der Waals surface area contributed by atoms with E-state index in [2.05, 4.69) is 32.6 Å². The average molecular weight is 448 g/mol. The van der Waals surface area contributed by atoms with Crippen molar-refractivity contribution < 1.29 is 9.59 Å². The lowest BCUT2D eigenvalue weighted by molar-refractivity contribution is -0.115. The summed E-state index contributed by atoms with van der Waals surface area (Å²) in [6.45, 7) is 0. The zero-order valence-electron chi connectivity index (χ0n) is 15.5. The van der Waals surface area contributed by atoms with Crippen LogP contribution >= 0.6 is 15.9 Å². The maximum absolute atomic E-state index is 12.2. The van der Waals surface area contributed by atoms with E-state index in [1.807, 2.05) is 36.4 Å². The summed E-state index contributed by atoms with van der Waals surface area (Å²) in [7, 11) is 0. The van der Waals surface area contributed by atoms with E-state index >= 15 is 0 Å². The number of carbonyl (C=O) groups is 2. The molecule has 144 valence electrons. The number of nitriles is 1. The molecule has 0 aliphatic carbocycles. The summed E-state index contributed by atoms with van der Waals surface area (Å²) in [6, 6.07) is 23.6. The molecule has 0 unspecified atom stereocenters. The van der Waals surface area contributed by atoms with Crippen LogP contribution in [0.3, 0.4) is 0 Å². The van der Waals surface area contributed by atoms with E-state index in [4.69, 9.17) is 5.26 Å². The van der Waals surface area contributed by atoms with Crippen molar-refractivity contribution in [1.82, 2.24) is 0 Å². The molecule has 0 aromatic heterocycles. The van der Waals surface area contributed by atoms with E-state index in [9.17, 15) is 9.59 Å². The van der Waals surface area contributed by atoms with Crippen LogP contribution in [0, 0.1) is 11.3 Å². The van der Waals surface area contributed by atoms with Crippen molar-refractivity contribution in [3.8, 4) is 6.07 Å². The molecule has 0 atom stereocenters. The van der Waals surface area contributed by atoms with Gasteiger partial charge in [0.05, 0.1) is 18.9 Å². The van der Waals surface area contributed by atoms with Gasteiger partial charge < -0.3 is 10.6 Å². The third-order valence-electron chi connectivity index (χ3n) is 4.20. The number of anilines is 2. The van der Waals surface area contributed by atoms with Crippen LogP contribution in [0.2, 0.25) is 0 Å². The topological polar surface area (TPSA) is 82.0 Å². The van der Waals surface area contributed by atoms with Gasteiger partial charge in [0.15, 0.2) is 0 Å². The molecule has 0 saturated carbocycles. The van der Waals surface area contributed by atoms with E-state index in [1.54, 1.807) is 36.4 Å². The number of hydrogen-bond acceptors (Lipinski definition) is 3. The molecule has 2 amide bonds. The van der Waals surface area contributed by atoms with Gasteiger partial charge in [-0.3, -0.25) is 9.59 Å². The molecule has 0 saturated heterocycles. The number of halogens is 1. The smallest absolute Gasteiger partial charge is 0.255 e. The largest absolute Gasteiger partial charge is 0.326 e. The first-order chi connectivity index (χ1) is 14.0. The fourth-order valence-corrected chi connectivity index (χ4v) is 2.96. The van der Waals surface area contributed by atoms with E-state index in [0.717, 1.165) is 15.6 Å². The summed E-state index contributed by atoms with van der Waals surface area (Å²) < 4.78 is 0.912. The summed E-state index contributed by atoms with van der Waals surface area (Å²) in [4.78, 5) is 24.5. The van der Waals surface area contributed by atoms with Gasteiger partial charge in [-0.25, -0.2) is 0 Å². The summed E-state index contributed by atoms with van der Waals surface area (Å²) in [6.07, 6.45) is 0.569. The van der Waals surface area contributed by atoms with Gasteiger partial charge in [-0.1, -0.05) is 40.2 Å². The first-order valence-corrected chi connectivity index (χ1v) is 9.74. The minimum atomic E-state index is -0.192. The van der Waals surface area contributed by atoms with Gasteiger partial charge in [0, 0.05) is 21.4 Å². The molecule has 6 heteroatoms. The third-order valence-corrected chi connectivity index (χ3v) is 4.73. The highest BCUT2D eigenvalue weighted by Gasteiger charge is 2.08. The molecule has 3 rings (SSSR count). The Balaban J connectivity index is 1.54. The number of carbonyl (C=O) groups excluding carboxylic acids is 2. The number of rotatable bonds is 6. The molecule has 2 N–H and O–H groups in total. The Kier molecular flexibility index (Phi) is 6.77. The summed E-state index contributed by atoms with van der Waals surface area (Å²) in [5.74, 6) is -0.326. The Morgan fingerprint density at radius 2 is 1.34 bits per heavy atom. The fourth-order valence-electron chi connectivity index (χ4n) is 2.70. The molecule has 5 nitrogen and oxygen atoms in total. The van der Waals surface area contributed by atoms with Crippen molar-refractivity contribution in [1.29, 1.82) is 5.26 Å². The predicted molar refractivity (Wildman–Crippen MR) is 117 cm³/mol. The lowest BCUT2D eigenvalue weighted by Gasteiger charge is -2.08. The van der Waals surface area contributed by atoms with Crippen molar-refractivity contribution in [2.45, 2.75) is 12.8 Å². The molecule has 29 heavy (non-hydrogen) atoms. The van der Waals surface area contributed by atoms with Gasteiger partial charge in [-0.05, 0) is 59.7 Å². The van der Waals surface area contributed by atoms with Crippen molar-refractivity contribution in [2.24, 2.45) is 0 Å². The van der Waals surface area contributed by atoms with Crippen LogP contribution in [0.4, 0.5) is 11.4 Å². The highest BCUT2D eigenvalue weighted by atomic mass is 79.9. The normalized spacial score (nSPS) is 10.1. The Morgan fingerprint density at radius 1 is 0.793 bits per heavy atom. The van der Waals surface area contributed by atoms with E-state index in [1.165, 1.54) is 0 Å². The standard InChI is InChI=1S/C23H18BrN3O2/c24-19-7-5-18(6-8-19)23(29)27-21-11-3-17(4-12-21)15-22(28)26-20-9-1-16(2-10-20)13-14-25/h1-12H,13,15H2,(H,26,28)(H,27,29). The van der Waals surface area contributed by atoms with Crippen molar-refractivity contribution >= 4 is 39.1 Å². The highest BCUT2D eigenvalue weighted by Crippen LogP contribution is 2.15. The molecule has 0 radical (unpaired) electrons. The van der Waals surface area contributed by atoms with Crippen LogP contribution in [0.1, 0.15) is 21.5 Å². The molecule has 0 bridgehead atoms. The fraction of sp³-hybridized carbons (Fsp3) is 0.0870. The lowest BCUT2D eigenvalue weighted by Crippen LogP contribution is -2.14. The molecular formula is C23H18BrN3O2.